The van der Waals surface area contributed by atoms with Crippen LogP contribution in [0.2, 0.25) is 0 Å². The van der Waals surface area contributed by atoms with Crippen LogP contribution in [0.5, 0.6) is 5.75 Å². The van der Waals surface area contributed by atoms with Gasteiger partial charge < -0.3 is 9.64 Å². The Kier molecular flexibility index (Phi) is 4.88. The summed E-state index contributed by atoms with van der Waals surface area (Å²) in [5, 5.41) is 0. The molecule has 1 amide bonds. The maximum absolute atomic E-state index is 12.8. The minimum Gasteiger partial charge on any atom is -0.410 e. The number of nitrogens with zero attached hydrogens (tertiary/aromatic N) is 2. The predicted octanol–water partition coefficient (Wildman–Crippen LogP) is 3.03. The largest absolute Gasteiger partial charge is 0.415 e. The summed E-state index contributed by atoms with van der Waals surface area (Å²) in [7, 11) is -3.46. The van der Waals surface area contributed by atoms with Gasteiger partial charge in [-0.2, -0.15) is 4.31 Å². The highest BCUT2D eigenvalue weighted by atomic mass is 32.2. The molecule has 2 aromatic rings. The number of rotatable bonds is 3. The molecular weight excluding hydrogens is 364 g/mol. The van der Waals surface area contributed by atoms with Crippen LogP contribution in [0, 0.1) is 0 Å². The normalized spacial score (nSPS) is 17.6. The lowest BCUT2D eigenvalue weighted by atomic mass is 10.0. The number of sulfonamides is 1. The molecule has 2 aliphatic heterocycles. The lowest BCUT2D eigenvalue weighted by Crippen LogP contribution is -2.38. The number of benzene rings is 2. The third kappa shape index (κ3) is 3.70. The highest BCUT2D eigenvalue weighted by molar-refractivity contribution is 7.89. The summed E-state index contributed by atoms with van der Waals surface area (Å²) in [6, 6.07) is 14.2. The maximum atomic E-state index is 12.8. The monoisotopic (exact) mass is 386 g/mol. The predicted molar refractivity (Wildman–Crippen MR) is 101 cm³/mol. The van der Waals surface area contributed by atoms with Crippen molar-refractivity contribution >= 4 is 16.1 Å². The molecule has 2 aliphatic rings. The average Bonchev–Trinajstić information content (AvgIpc) is 3.23. The van der Waals surface area contributed by atoms with E-state index in [4.69, 9.17) is 4.74 Å². The van der Waals surface area contributed by atoms with Crippen molar-refractivity contribution in [2.24, 2.45) is 0 Å². The zero-order valence-electron chi connectivity index (χ0n) is 15.0. The number of ether oxygens (including phenoxy) is 1. The Hall–Kier alpha value is -2.38. The van der Waals surface area contributed by atoms with Crippen LogP contribution in [-0.4, -0.2) is 43.4 Å². The van der Waals surface area contributed by atoms with E-state index in [0.29, 0.717) is 43.2 Å². The fourth-order valence-corrected chi connectivity index (χ4v) is 5.15. The standard InChI is InChI=1S/C20H22N2O4S/c23-20(26-18-6-2-1-3-7-18)21-13-10-16-8-9-19(14-17(16)15-21)27(24,25)22-11-4-5-12-22/h1-3,6-9,14H,4-5,10-13,15H2. The number of fused-ring (bicyclic) bond motifs is 1. The zero-order valence-corrected chi connectivity index (χ0v) is 15.8. The van der Waals surface area contributed by atoms with Gasteiger partial charge in [0.2, 0.25) is 10.0 Å². The first-order valence-corrected chi connectivity index (χ1v) is 10.6. The van der Waals surface area contributed by atoms with Crippen LogP contribution < -0.4 is 4.74 Å². The van der Waals surface area contributed by atoms with Gasteiger partial charge in [-0.15, -0.1) is 0 Å². The topological polar surface area (TPSA) is 66.9 Å². The van der Waals surface area contributed by atoms with Crippen molar-refractivity contribution < 1.29 is 17.9 Å². The molecule has 2 aromatic carbocycles. The van der Waals surface area contributed by atoms with Gasteiger partial charge in [0.25, 0.3) is 0 Å². The quantitative estimate of drug-likeness (QED) is 0.813. The van der Waals surface area contributed by atoms with E-state index in [0.717, 1.165) is 24.0 Å². The van der Waals surface area contributed by atoms with E-state index in [9.17, 15) is 13.2 Å². The molecule has 0 spiro atoms. The summed E-state index contributed by atoms with van der Waals surface area (Å²) in [4.78, 5) is 14.4. The molecule has 0 aliphatic carbocycles. The Labute approximate surface area is 159 Å². The molecule has 4 rings (SSSR count). The lowest BCUT2D eigenvalue weighted by molar-refractivity contribution is 0.147. The second kappa shape index (κ2) is 7.32. The summed E-state index contributed by atoms with van der Waals surface area (Å²) >= 11 is 0. The minimum atomic E-state index is -3.46. The van der Waals surface area contributed by atoms with Crippen molar-refractivity contribution in [1.82, 2.24) is 9.21 Å². The maximum Gasteiger partial charge on any atom is 0.415 e. The number of hydrogen-bond acceptors (Lipinski definition) is 4. The fourth-order valence-electron chi connectivity index (χ4n) is 3.58. The molecule has 1 fully saturated rings. The molecular formula is C20H22N2O4S. The molecule has 0 unspecified atom stereocenters. The summed E-state index contributed by atoms with van der Waals surface area (Å²) in [6.07, 6.45) is 2.08. The van der Waals surface area contributed by atoms with Crippen LogP contribution in [0.15, 0.2) is 53.4 Å². The minimum absolute atomic E-state index is 0.307. The number of para-hydroxylation sites is 1. The van der Waals surface area contributed by atoms with Gasteiger partial charge in [0, 0.05) is 26.2 Å². The molecule has 0 radical (unpaired) electrons. The number of carbonyl (C=O) groups excluding carboxylic acids is 1. The van der Waals surface area contributed by atoms with Crippen LogP contribution in [0.25, 0.3) is 0 Å². The number of carbonyl (C=O) groups is 1. The summed E-state index contributed by atoms with van der Waals surface area (Å²) < 4.78 is 32.5. The van der Waals surface area contributed by atoms with E-state index in [-0.39, 0.29) is 0 Å². The first-order valence-electron chi connectivity index (χ1n) is 9.18. The molecule has 0 N–H and O–H groups in total. The van der Waals surface area contributed by atoms with Gasteiger partial charge >= 0.3 is 6.09 Å². The summed E-state index contributed by atoms with van der Waals surface area (Å²) in [5.74, 6) is 0.499. The Balaban J connectivity index is 1.52. The van der Waals surface area contributed by atoms with Crippen molar-refractivity contribution in [2.45, 2.75) is 30.7 Å². The van der Waals surface area contributed by atoms with E-state index in [1.807, 2.05) is 24.3 Å². The first kappa shape index (κ1) is 18.0. The molecule has 27 heavy (non-hydrogen) atoms. The third-order valence-electron chi connectivity index (χ3n) is 5.10. The average molecular weight is 386 g/mol. The van der Waals surface area contributed by atoms with Crippen LogP contribution >= 0.6 is 0 Å². The van der Waals surface area contributed by atoms with Crippen molar-refractivity contribution in [3.8, 4) is 5.75 Å². The summed E-state index contributed by atoms with van der Waals surface area (Å²) in [6.45, 7) is 2.06. The molecule has 6 nitrogen and oxygen atoms in total. The van der Waals surface area contributed by atoms with E-state index in [1.165, 1.54) is 0 Å². The van der Waals surface area contributed by atoms with Gasteiger partial charge in [0.05, 0.1) is 4.90 Å². The first-order chi connectivity index (χ1) is 13.0. The Morgan fingerprint density at radius 3 is 2.41 bits per heavy atom. The highest BCUT2D eigenvalue weighted by Crippen LogP contribution is 2.26. The van der Waals surface area contributed by atoms with Crippen molar-refractivity contribution in [1.29, 1.82) is 0 Å². The molecule has 0 saturated carbocycles. The van der Waals surface area contributed by atoms with E-state index < -0.39 is 16.1 Å². The van der Waals surface area contributed by atoms with Crippen LogP contribution in [0.3, 0.4) is 0 Å². The molecule has 0 bridgehead atoms. The lowest BCUT2D eigenvalue weighted by Gasteiger charge is -2.28. The van der Waals surface area contributed by atoms with Gasteiger partial charge in [-0.05, 0) is 54.7 Å². The number of hydrogen-bond donors (Lipinski definition) is 0. The Morgan fingerprint density at radius 2 is 1.67 bits per heavy atom. The van der Waals surface area contributed by atoms with Gasteiger partial charge in [-0.25, -0.2) is 13.2 Å². The fraction of sp³-hybridized carbons (Fsp3) is 0.350. The molecule has 7 heteroatoms. The smallest absolute Gasteiger partial charge is 0.410 e. The summed E-state index contributed by atoms with van der Waals surface area (Å²) in [5.41, 5.74) is 1.95. The van der Waals surface area contributed by atoms with Crippen LogP contribution in [0.1, 0.15) is 24.0 Å². The highest BCUT2D eigenvalue weighted by Gasteiger charge is 2.29. The van der Waals surface area contributed by atoms with Crippen LogP contribution in [-0.2, 0) is 23.0 Å². The van der Waals surface area contributed by atoms with Gasteiger partial charge in [0.15, 0.2) is 0 Å². The Morgan fingerprint density at radius 1 is 0.926 bits per heavy atom. The van der Waals surface area contributed by atoms with E-state index in [1.54, 1.807) is 33.5 Å². The molecule has 2 heterocycles. The Bertz CT molecular complexity index is 938. The molecule has 0 atom stereocenters. The second-order valence-corrected chi connectivity index (χ2v) is 8.83. The van der Waals surface area contributed by atoms with Gasteiger partial charge in [-0.1, -0.05) is 24.3 Å². The second-order valence-electron chi connectivity index (χ2n) is 6.89. The van der Waals surface area contributed by atoms with Crippen molar-refractivity contribution in [2.75, 3.05) is 19.6 Å². The van der Waals surface area contributed by atoms with Crippen LogP contribution in [0.4, 0.5) is 4.79 Å². The molecule has 142 valence electrons. The number of amides is 1. The van der Waals surface area contributed by atoms with Gasteiger partial charge in [0.1, 0.15) is 5.75 Å². The van der Waals surface area contributed by atoms with E-state index >= 15 is 0 Å². The van der Waals surface area contributed by atoms with Gasteiger partial charge in [-0.3, -0.25) is 0 Å². The van der Waals surface area contributed by atoms with Crippen molar-refractivity contribution in [3.63, 3.8) is 0 Å². The SMILES string of the molecule is O=C(Oc1ccccc1)N1CCc2ccc(S(=O)(=O)N3CCCC3)cc2C1. The third-order valence-corrected chi connectivity index (χ3v) is 6.99. The molecule has 0 aromatic heterocycles. The van der Waals surface area contributed by atoms with Crippen molar-refractivity contribution in [3.05, 3.63) is 59.7 Å². The molecule has 1 saturated heterocycles. The van der Waals surface area contributed by atoms with E-state index in [2.05, 4.69) is 0 Å². The zero-order chi connectivity index (χ0) is 18.9.